The minimum atomic E-state index is -4.29. The fraction of sp³-hybridized carbons (Fsp3) is 0.462. The first-order valence-corrected chi connectivity index (χ1v) is 7.91. The van der Waals surface area contributed by atoms with Gasteiger partial charge in [-0.1, -0.05) is 12.8 Å². The van der Waals surface area contributed by atoms with E-state index in [-0.39, 0.29) is 28.3 Å². The van der Waals surface area contributed by atoms with Gasteiger partial charge in [-0.05, 0) is 31.0 Å². The molecule has 2 atom stereocenters. The van der Waals surface area contributed by atoms with E-state index in [1.54, 1.807) is 0 Å². The van der Waals surface area contributed by atoms with E-state index in [0.29, 0.717) is 0 Å². The fourth-order valence-corrected chi connectivity index (χ4v) is 2.81. The van der Waals surface area contributed by atoms with Crippen molar-refractivity contribution in [2.75, 3.05) is 0 Å². The molecule has 0 bridgehead atoms. The molecule has 7 heteroatoms. The van der Waals surface area contributed by atoms with Crippen LogP contribution in [0.15, 0.2) is 28.1 Å². The highest BCUT2D eigenvalue weighted by Gasteiger charge is 2.20. The highest BCUT2D eigenvalue weighted by Crippen LogP contribution is 2.22. The molecule has 1 aromatic carbocycles. The molecule has 0 radical (unpaired) electrons. The highest BCUT2D eigenvalue weighted by atomic mass is 32.2. The van der Waals surface area contributed by atoms with Crippen LogP contribution in [0.2, 0.25) is 0 Å². The molecule has 1 saturated carbocycles. The molecule has 0 unspecified atom stereocenters. The normalized spacial score (nSPS) is 24.1. The van der Waals surface area contributed by atoms with E-state index in [1.807, 2.05) is 0 Å². The van der Waals surface area contributed by atoms with Crippen molar-refractivity contribution >= 4 is 16.3 Å². The summed E-state index contributed by atoms with van der Waals surface area (Å²) in [7, 11) is -4.29. The Hall–Kier alpha value is -1.44. The summed E-state index contributed by atoms with van der Waals surface area (Å²) in [6, 6.07) is 3.51. The van der Waals surface area contributed by atoms with Gasteiger partial charge in [-0.25, -0.2) is 0 Å². The van der Waals surface area contributed by atoms with Crippen LogP contribution in [0.1, 0.15) is 31.2 Å². The highest BCUT2D eigenvalue weighted by molar-refractivity contribution is 7.85. The van der Waals surface area contributed by atoms with Gasteiger partial charge in [0.05, 0.1) is 10.9 Å². The molecule has 0 aromatic heterocycles. The Kier molecular flexibility index (Phi) is 4.42. The Morgan fingerprint density at radius 1 is 1.30 bits per heavy atom. The number of hydrogen-bond acceptors (Lipinski definition) is 5. The van der Waals surface area contributed by atoms with Gasteiger partial charge >= 0.3 is 0 Å². The SMILES string of the molecule is N[C@@H]1CCCC[C@H]1N=Cc1cc(S(=O)(=O)O)ccc1O. The van der Waals surface area contributed by atoms with Crippen molar-refractivity contribution < 1.29 is 18.1 Å². The van der Waals surface area contributed by atoms with Crippen LogP contribution < -0.4 is 5.73 Å². The Morgan fingerprint density at radius 2 is 2.00 bits per heavy atom. The van der Waals surface area contributed by atoms with Crippen molar-refractivity contribution in [1.29, 1.82) is 0 Å². The molecule has 4 N–H and O–H groups in total. The summed E-state index contributed by atoms with van der Waals surface area (Å²) in [4.78, 5) is 4.06. The number of phenolic OH excluding ortho intramolecular Hbond substituents is 1. The molecule has 6 nitrogen and oxygen atoms in total. The monoisotopic (exact) mass is 298 g/mol. The molecule has 0 aliphatic heterocycles. The van der Waals surface area contributed by atoms with Crippen LogP contribution >= 0.6 is 0 Å². The lowest BCUT2D eigenvalue weighted by Gasteiger charge is -2.25. The number of aromatic hydroxyl groups is 1. The van der Waals surface area contributed by atoms with E-state index >= 15 is 0 Å². The third kappa shape index (κ3) is 3.56. The maximum Gasteiger partial charge on any atom is 0.294 e. The Morgan fingerprint density at radius 3 is 2.65 bits per heavy atom. The number of phenols is 1. The Bertz CT molecular complexity index is 613. The van der Waals surface area contributed by atoms with E-state index in [4.69, 9.17) is 10.3 Å². The average Bonchev–Trinajstić information content (AvgIpc) is 2.38. The first-order valence-electron chi connectivity index (χ1n) is 6.47. The van der Waals surface area contributed by atoms with Crippen LogP contribution in [0.3, 0.4) is 0 Å². The van der Waals surface area contributed by atoms with Crippen molar-refractivity contribution in [3.8, 4) is 5.75 Å². The van der Waals surface area contributed by atoms with Crippen LogP contribution in [0, 0.1) is 0 Å². The number of hydrogen-bond donors (Lipinski definition) is 3. The minimum Gasteiger partial charge on any atom is -0.507 e. The molecule has 1 aliphatic rings. The average molecular weight is 298 g/mol. The van der Waals surface area contributed by atoms with Gasteiger partial charge in [0.25, 0.3) is 10.1 Å². The molecule has 0 amide bonds. The van der Waals surface area contributed by atoms with Crippen molar-refractivity contribution in [2.45, 2.75) is 42.7 Å². The third-order valence-corrected chi connectivity index (χ3v) is 4.33. The van der Waals surface area contributed by atoms with Crippen LogP contribution in [0.5, 0.6) is 5.75 Å². The lowest BCUT2D eigenvalue weighted by Crippen LogP contribution is -2.36. The summed E-state index contributed by atoms with van der Waals surface area (Å²) < 4.78 is 31.1. The summed E-state index contributed by atoms with van der Waals surface area (Å²) in [6.07, 6.45) is 5.37. The minimum absolute atomic E-state index is 0.00750. The van der Waals surface area contributed by atoms with E-state index in [1.165, 1.54) is 18.3 Å². The second-order valence-electron chi connectivity index (χ2n) is 4.99. The van der Waals surface area contributed by atoms with Gasteiger partial charge in [0.15, 0.2) is 0 Å². The van der Waals surface area contributed by atoms with Crippen LogP contribution in [-0.2, 0) is 10.1 Å². The van der Waals surface area contributed by atoms with Crippen LogP contribution in [-0.4, -0.2) is 36.4 Å². The predicted molar refractivity (Wildman–Crippen MR) is 75.7 cm³/mol. The smallest absolute Gasteiger partial charge is 0.294 e. The lowest BCUT2D eigenvalue weighted by molar-refractivity contribution is 0.387. The maximum atomic E-state index is 11.1. The van der Waals surface area contributed by atoms with Crippen molar-refractivity contribution in [3.63, 3.8) is 0 Å². The van der Waals surface area contributed by atoms with Crippen molar-refractivity contribution in [2.24, 2.45) is 10.7 Å². The molecule has 2 rings (SSSR count). The first kappa shape index (κ1) is 15.0. The molecule has 1 aliphatic carbocycles. The standard InChI is InChI=1S/C13H18N2O4S/c14-11-3-1-2-4-12(11)15-8-9-7-10(20(17,18)19)5-6-13(9)16/h5-8,11-12,16H,1-4,14H2,(H,17,18,19)/t11-,12-/m1/s1. The van der Waals surface area contributed by atoms with E-state index < -0.39 is 10.1 Å². The third-order valence-electron chi connectivity index (χ3n) is 3.48. The molecule has 0 spiro atoms. The second-order valence-corrected chi connectivity index (χ2v) is 6.41. The Balaban J connectivity index is 2.24. The number of nitrogens with zero attached hydrogens (tertiary/aromatic N) is 1. The number of aliphatic imine (C=N–C) groups is 1. The summed E-state index contributed by atoms with van der Waals surface area (Å²) in [5, 5.41) is 9.70. The van der Waals surface area contributed by atoms with Gasteiger partial charge in [0, 0.05) is 17.8 Å². The van der Waals surface area contributed by atoms with Gasteiger partial charge in [-0.3, -0.25) is 9.55 Å². The number of rotatable bonds is 3. The number of nitrogens with two attached hydrogens (primary N) is 1. The van der Waals surface area contributed by atoms with Gasteiger partial charge in [-0.2, -0.15) is 8.42 Å². The van der Waals surface area contributed by atoms with E-state index in [9.17, 15) is 13.5 Å². The molecule has 110 valence electrons. The van der Waals surface area contributed by atoms with Crippen LogP contribution in [0.25, 0.3) is 0 Å². The molecular weight excluding hydrogens is 280 g/mol. The summed E-state index contributed by atoms with van der Waals surface area (Å²) >= 11 is 0. The van der Waals surface area contributed by atoms with Crippen molar-refractivity contribution in [1.82, 2.24) is 0 Å². The first-order chi connectivity index (χ1) is 9.38. The lowest BCUT2D eigenvalue weighted by atomic mass is 9.91. The number of benzene rings is 1. The zero-order valence-corrected chi connectivity index (χ0v) is 11.8. The predicted octanol–water partition coefficient (Wildman–Crippen LogP) is 1.33. The van der Waals surface area contributed by atoms with Gasteiger partial charge < -0.3 is 10.8 Å². The van der Waals surface area contributed by atoms with Gasteiger partial charge in [0.1, 0.15) is 5.75 Å². The quantitative estimate of drug-likeness (QED) is 0.575. The maximum absolute atomic E-state index is 11.1. The summed E-state index contributed by atoms with van der Waals surface area (Å²) in [5.74, 6) is -0.0921. The molecule has 1 aromatic rings. The molecule has 1 fully saturated rings. The molecule has 0 saturated heterocycles. The van der Waals surface area contributed by atoms with Gasteiger partial charge in [-0.15, -0.1) is 0 Å². The second kappa shape index (κ2) is 5.90. The fourth-order valence-electron chi connectivity index (χ4n) is 2.30. The summed E-state index contributed by atoms with van der Waals surface area (Å²) in [6.45, 7) is 0. The van der Waals surface area contributed by atoms with Crippen molar-refractivity contribution in [3.05, 3.63) is 23.8 Å². The molecular formula is C13H18N2O4S. The van der Waals surface area contributed by atoms with E-state index in [2.05, 4.69) is 4.99 Å². The topological polar surface area (TPSA) is 113 Å². The van der Waals surface area contributed by atoms with E-state index in [0.717, 1.165) is 31.7 Å². The zero-order chi connectivity index (χ0) is 14.8. The van der Waals surface area contributed by atoms with Crippen LogP contribution in [0.4, 0.5) is 0 Å². The zero-order valence-electron chi connectivity index (χ0n) is 10.9. The largest absolute Gasteiger partial charge is 0.507 e. The summed E-state index contributed by atoms with van der Waals surface area (Å²) in [5.41, 5.74) is 6.22. The molecule has 0 heterocycles. The Labute approximate surface area is 118 Å². The molecule has 20 heavy (non-hydrogen) atoms. The van der Waals surface area contributed by atoms with Gasteiger partial charge in [0.2, 0.25) is 0 Å².